The predicted molar refractivity (Wildman–Crippen MR) is 118 cm³/mol. The van der Waals surface area contributed by atoms with E-state index >= 15 is 0 Å². The molecular formula is C23H26F6N4O. The van der Waals surface area contributed by atoms with Crippen LogP contribution in [0.3, 0.4) is 0 Å². The first-order valence-corrected chi connectivity index (χ1v) is 10.7. The molecule has 1 aromatic carbocycles. The quantitative estimate of drug-likeness (QED) is 0.348. The smallest absolute Gasteiger partial charge is 0.330 e. The van der Waals surface area contributed by atoms with Gasteiger partial charge in [-0.2, -0.15) is 26.3 Å². The number of fused-ring (bicyclic) bond motifs is 1. The third-order valence-electron chi connectivity index (χ3n) is 4.95. The summed E-state index contributed by atoms with van der Waals surface area (Å²) in [5.41, 5.74) is 5.14. The van der Waals surface area contributed by atoms with Gasteiger partial charge in [-0.1, -0.05) is 25.8 Å². The van der Waals surface area contributed by atoms with Crippen molar-refractivity contribution in [1.29, 1.82) is 0 Å². The van der Waals surface area contributed by atoms with Crippen molar-refractivity contribution < 1.29 is 26.3 Å². The summed E-state index contributed by atoms with van der Waals surface area (Å²) in [6, 6.07) is 5.12. The molecule has 0 aliphatic rings. The highest BCUT2D eigenvalue weighted by molar-refractivity contribution is 5.88. The average molecular weight is 488 g/mol. The Hall–Kier alpha value is -2.95. The van der Waals surface area contributed by atoms with Gasteiger partial charge < -0.3 is 10.3 Å². The van der Waals surface area contributed by atoms with E-state index in [2.05, 4.69) is 22.6 Å². The molecule has 3 aromatic rings. The van der Waals surface area contributed by atoms with E-state index in [-0.39, 0.29) is 17.9 Å². The van der Waals surface area contributed by atoms with Gasteiger partial charge >= 0.3 is 12.4 Å². The Kier molecular flexibility index (Phi) is 9.20. The Balaban J connectivity index is 0.000000509. The number of nitrogens with zero attached hydrogens (tertiary/aromatic N) is 3. The Morgan fingerprint density at radius 1 is 1.00 bits per heavy atom. The van der Waals surface area contributed by atoms with Gasteiger partial charge in [0.15, 0.2) is 5.82 Å². The maximum Gasteiger partial charge on any atom is 0.419 e. The van der Waals surface area contributed by atoms with Crippen molar-refractivity contribution in [2.75, 3.05) is 6.54 Å². The first kappa shape index (κ1) is 27.3. The molecule has 0 bridgehead atoms. The molecule has 3 rings (SSSR count). The van der Waals surface area contributed by atoms with Crippen molar-refractivity contribution in [1.82, 2.24) is 14.5 Å². The Morgan fingerprint density at radius 3 is 2.15 bits per heavy atom. The standard InChI is InChI=1S/C20H20F3N3O.C3H6F3N/c1-3-4-5-8-26-12-13(2)17-9-14(6-7-16(17)19(26)27)18-24-10-15(11-25-18)20(21,22)23;4-3(5,6)1-2-7/h6-7,9-12H,3-5,8H2,1-2H3;1-2,7H2. The second kappa shape index (κ2) is 11.5. The molecule has 0 unspecified atom stereocenters. The molecule has 0 aliphatic heterocycles. The molecule has 5 nitrogen and oxygen atoms in total. The molecule has 0 spiro atoms. The van der Waals surface area contributed by atoms with Crippen LogP contribution in [-0.2, 0) is 12.7 Å². The van der Waals surface area contributed by atoms with Crippen LogP contribution in [0.25, 0.3) is 22.2 Å². The van der Waals surface area contributed by atoms with Crippen molar-refractivity contribution in [2.24, 2.45) is 5.73 Å². The monoisotopic (exact) mass is 488 g/mol. The zero-order chi connectivity index (χ0) is 25.5. The second-order valence-electron chi connectivity index (χ2n) is 7.73. The highest BCUT2D eigenvalue weighted by Gasteiger charge is 2.31. The summed E-state index contributed by atoms with van der Waals surface area (Å²) in [6.45, 7) is 4.38. The van der Waals surface area contributed by atoms with Crippen molar-refractivity contribution in [3.63, 3.8) is 0 Å². The number of aryl methyl sites for hydroxylation is 2. The molecule has 2 aromatic heterocycles. The summed E-state index contributed by atoms with van der Waals surface area (Å²) in [5, 5.41) is 1.34. The van der Waals surface area contributed by atoms with Crippen LogP contribution in [0.5, 0.6) is 0 Å². The number of alkyl halides is 6. The van der Waals surface area contributed by atoms with Gasteiger partial charge in [-0.05, 0) is 36.4 Å². The summed E-state index contributed by atoms with van der Waals surface area (Å²) >= 11 is 0. The first-order valence-electron chi connectivity index (χ1n) is 10.7. The number of unbranched alkanes of at least 4 members (excludes halogenated alkanes) is 2. The third-order valence-corrected chi connectivity index (χ3v) is 4.95. The van der Waals surface area contributed by atoms with E-state index in [9.17, 15) is 31.1 Å². The van der Waals surface area contributed by atoms with Gasteiger partial charge in [0.25, 0.3) is 5.56 Å². The second-order valence-corrected chi connectivity index (χ2v) is 7.73. The van der Waals surface area contributed by atoms with E-state index < -0.39 is 24.3 Å². The fourth-order valence-corrected chi connectivity index (χ4v) is 3.20. The summed E-state index contributed by atoms with van der Waals surface area (Å²) in [7, 11) is 0. The molecule has 0 aliphatic carbocycles. The Bertz CT molecular complexity index is 1140. The van der Waals surface area contributed by atoms with E-state index in [1.54, 1.807) is 22.8 Å². The minimum Gasteiger partial charge on any atom is -0.330 e. The highest BCUT2D eigenvalue weighted by atomic mass is 19.4. The van der Waals surface area contributed by atoms with E-state index in [0.29, 0.717) is 17.5 Å². The number of rotatable bonds is 6. The number of aromatic nitrogens is 3. The summed E-state index contributed by atoms with van der Waals surface area (Å²) < 4.78 is 72.6. The van der Waals surface area contributed by atoms with Crippen LogP contribution in [0.15, 0.2) is 41.6 Å². The minimum atomic E-state index is -4.47. The van der Waals surface area contributed by atoms with E-state index in [4.69, 9.17) is 0 Å². The molecule has 0 fully saturated rings. The van der Waals surface area contributed by atoms with Crippen molar-refractivity contribution in [2.45, 2.75) is 58.4 Å². The van der Waals surface area contributed by atoms with Crippen molar-refractivity contribution >= 4 is 10.8 Å². The maximum atomic E-state index is 12.7. The zero-order valence-corrected chi connectivity index (χ0v) is 18.8. The predicted octanol–water partition coefficient (Wildman–Crippen LogP) is 5.87. The first-order chi connectivity index (χ1) is 15.9. The molecule has 11 heteroatoms. The molecule has 2 heterocycles. The summed E-state index contributed by atoms with van der Waals surface area (Å²) in [5.74, 6) is 0.191. The highest BCUT2D eigenvalue weighted by Crippen LogP contribution is 2.29. The van der Waals surface area contributed by atoms with Gasteiger partial charge in [0.05, 0.1) is 12.0 Å². The van der Waals surface area contributed by atoms with Gasteiger partial charge in [-0.25, -0.2) is 9.97 Å². The van der Waals surface area contributed by atoms with Crippen LogP contribution in [0.2, 0.25) is 0 Å². The molecule has 34 heavy (non-hydrogen) atoms. The average Bonchev–Trinajstić information content (AvgIpc) is 2.76. The Morgan fingerprint density at radius 2 is 1.65 bits per heavy atom. The number of halogens is 6. The summed E-state index contributed by atoms with van der Waals surface area (Å²) in [4.78, 5) is 20.3. The minimum absolute atomic E-state index is 0.0633. The molecule has 0 saturated heterocycles. The fraction of sp³-hybridized carbons (Fsp3) is 0.435. The molecular weight excluding hydrogens is 462 g/mol. The van der Waals surface area contributed by atoms with Gasteiger partial charge in [0.2, 0.25) is 0 Å². The van der Waals surface area contributed by atoms with Gasteiger partial charge in [0, 0.05) is 42.6 Å². The van der Waals surface area contributed by atoms with E-state index in [0.717, 1.165) is 42.6 Å². The molecule has 186 valence electrons. The van der Waals surface area contributed by atoms with Crippen molar-refractivity contribution in [3.05, 3.63) is 58.3 Å². The number of hydrogen-bond acceptors (Lipinski definition) is 4. The lowest BCUT2D eigenvalue weighted by Crippen LogP contribution is -2.20. The van der Waals surface area contributed by atoms with E-state index in [1.807, 2.05) is 13.1 Å². The molecule has 2 N–H and O–H groups in total. The largest absolute Gasteiger partial charge is 0.419 e. The molecule has 0 radical (unpaired) electrons. The zero-order valence-electron chi connectivity index (χ0n) is 18.8. The van der Waals surface area contributed by atoms with Gasteiger partial charge in [-0.3, -0.25) is 4.79 Å². The number of pyridine rings is 1. The topological polar surface area (TPSA) is 73.8 Å². The lowest BCUT2D eigenvalue weighted by atomic mass is 10.0. The van der Waals surface area contributed by atoms with Crippen LogP contribution in [0.4, 0.5) is 26.3 Å². The maximum absolute atomic E-state index is 12.7. The molecule has 0 saturated carbocycles. The van der Waals surface area contributed by atoms with Crippen LogP contribution in [0, 0.1) is 6.92 Å². The van der Waals surface area contributed by atoms with Gasteiger partial charge in [-0.15, -0.1) is 0 Å². The number of nitrogens with two attached hydrogens (primary N) is 1. The van der Waals surface area contributed by atoms with Crippen molar-refractivity contribution in [3.8, 4) is 11.4 Å². The lowest BCUT2D eigenvalue weighted by molar-refractivity contribution is -0.138. The lowest BCUT2D eigenvalue weighted by Gasteiger charge is -2.11. The SMILES string of the molecule is CCCCCn1cc(C)c2cc(-c3ncc(C(F)(F)F)cn3)ccc2c1=O.NCCC(F)(F)F. The normalized spacial score (nSPS) is 11.9. The Labute approximate surface area is 192 Å². The van der Waals surface area contributed by atoms with Crippen LogP contribution < -0.4 is 11.3 Å². The fourth-order valence-electron chi connectivity index (χ4n) is 3.20. The van der Waals surface area contributed by atoms with Gasteiger partial charge in [0.1, 0.15) is 0 Å². The van der Waals surface area contributed by atoms with Crippen LogP contribution >= 0.6 is 0 Å². The number of benzene rings is 1. The molecule has 0 atom stereocenters. The van der Waals surface area contributed by atoms with Crippen LogP contribution in [0.1, 0.15) is 43.7 Å². The third kappa shape index (κ3) is 7.54. The molecule has 0 amide bonds. The van der Waals surface area contributed by atoms with Crippen LogP contribution in [-0.4, -0.2) is 27.3 Å². The number of hydrogen-bond donors (Lipinski definition) is 1. The van der Waals surface area contributed by atoms with E-state index in [1.165, 1.54) is 0 Å². The summed E-state index contributed by atoms with van der Waals surface area (Å²) in [6.07, 6.45) is -2.97.